The number of hydrogen-bond donors (Lipinski definition) is 2. The quantitative estimate of drug-likeness (QED) is 0.253. The van der Waals surface area contributed by atoms with Crippen LogP contribution in [0.3, 0.4) is 0 Å². The van der Waals surface area contributed by atoms with Crippen LogP contribution in [0, 0.1) is 0 Å². The second-order valence-electron chi connectivity index (χ2n) is 9.12. The maximum absolute atomic E-state index is 4.99. The predicted molar refractivity (Wildman–Crippen MR) is 150 cm³/mol. The molecule has 5 heterocycles. The highest BCUT2D eigenvalue weighted by Crippen LogP contribution is 2.30. The van der Waals surface area contributed by atoms with Gasteiger partial charge in [0.15, 0.2) is 17.2 Å². The number of nitrogens with zero attached hydrogens (tertiary/aromatic N) is 6. The molecule has 8 nitrogen and oxygen atoms in total. The fraction of sp³-hybridized carbons (Fsp3) is 0.207. The van der Waals surface area contributed by atoms with Crippen molar-refractivity contribution in [3.8, 4) is 22.6 Å². The lowest BCUT2D eigenvalue weighted by molar-refractivity contribution is 0.400. The van der Waals surface area contributed by atoms with E-state index in [0.29, 0.717) is 17.2 Å². The topological polar surface area (TPSA) is 99.3 Å². The molecule has 0 aliphatic rings. The van der Waals surface area contributed by atoms with Gasteiger partial charge in [-0.25, -0.2) is 15.0 Å². The van der Waals surface area contributed by atoms with E-state index >= 15 is 0 Å². The van der Waals surface area contributed by atoms with Gasteiger partial charge in [0.2, 0.25) is 0 Å². The van der Waals surface area contributed by atoms with Crippen molar-refractivity contribution >= 4 is 27.8 Å². The Morgan fingerprint density at radius 3 is 2.76 bits per heavy atom. The van der Waals surface area contributed by atoms with Crippen LogP contribution in [-0.4, -0.2) is 60.7 Å². The standard InChI is InChI=1S/C29H30N8/c1-5-19(9-8-16-37(3)4)17-20(6-2)23-11-12-24-26(32-23)27(36-35-24)29-33-25-22(13-15-31-28(25)34-29)21-10-7-14-30-18-21/h5-7,10-15,17-18H,1,8-9,16H2,2-4H3,(H,35,36)(H,31,33,34)/b19-17+,20-6+. The van der Waals surface area contributed by atoms with Crippen LogP contribution >= 0.6 is 0 Å². The third-order valence-corrected chi connectivity index (χ3v) is 6.28. The van der Waals surface area contributed by atoms with Crippen LogP contribution < -0.4 is 0 Å². The fourth-order valence-corrected chi connectivity index (χ4v) is 4.35. The van der Waals surface area contributed by atoms with Gasteiger partial charge in [0.05, 0.1) is 16.7 Å². The summed E-state index contributed by atoms with van der Waals surface area (Å²) >= 11 is 0. The van der Waals surface area contributed by atoms with Crippen molar-refractivity contribution in [2.24, 2.45) is 0 Å². The van der Waals surface area contributed by atoms with Gasteiger partial charge >= 0.3 is 0 Å². The molecule has 0 spiro atoms. The molecule has 0 aliphatic heterocycles. The predicted octanol–water partition coefficient (Wildman–Crippen LogP) is 5.82. The maximum atomic E-state index is 4.99. The number of nitrogens with one attached hydrogen (secondary N) is 2. The molecule has 0 fully saturated rings. The average Bonchev–Trinajstić information content (AvgIpc) is 3.54. The normalized spacial score (nSPS) is 12.6. The molecule has 2 N–H and O–H groups in total. The molecular formula is C29H30N8. The third-order valence-electron chi connectivity index (χ3n) is 6.28. The summed E-state index contributed by atoms with van der Waals surface area (Å²) in [4.78, 5) is 24.1. The number of hydrogen-bond acceptors (Lipinski definition) is 6. The van der Waals surface area contributed by atoms with E-state index in [-0.39, 0.29) is 0 Å². The lowest BCUT2D eigenvalue weighted by atomic mass is 10.0. The Hall–Kier alpha value is -4.43. The SMILES string of the molecule is C=C/C(=C\C(=C/C)c1ccc2[nH]nc(-c3nc4nccc(-c5cccnc5)c4[nH]3)c2n1)CCCN(C)C. The highest BCUT2D eigenvalue weighted by molar-refractivity contribution is 5.94. The molecule has 0 saturated carbocycles. The second kappa shape index (κ2) is 10.7. The first-order chi connectivity index (χ1) is 18.1. The van der Waals surface area contributed by atoms with Crippen molar-refractivity contribution in [1.29, 1.82) is 0 Å². The number of aromatic amines is 2. The summed E-state index contributed by atoms with van der Waals surface area (Å²) in [6.07, 6.45) is 13.6. The molecule has 0 aromatic carbocycles. The van der Waals surface area contributed by atoms with Crippen LogP contribution in [-0.2, 0) is 0 Å². The molecular weight excluding hydrogens is 460 g/mol. The molecule has 0 radical (unpaired) electrons. The number of H-pyrrole nitrogens is 2. The van der Waals surface area contributed by atoms with Crippen molar-refractivity contribution in [3.63, 3.8) is 0 Å². The fourth-order valence-electron chi connectivity index (χ4n) is 4.35. The molecule has 8 heteroatoms. The van der Waals surface area contributed by atoms with Crippen molar-refractivity contribution in [3.05, 3.63) is 85.0 Å². The number of allylic oxidation sites excluding steroid dienone is 5. The maximum Gasteiger partial charge on any atom is 0.178 e. The van der Waals surface area contributed by atoms with Crippen molar-refractivity contribution in [2.45, 2.75) is 19.8 Å². The zero-order chi connectivity index (χ0) is 25.8. The lowest BCUT2D eigenvalue weighted by Gasteiger charge is -2.10. The highest BCUT2D eigenvalue weighted by Gasteiger charge is 2.17. The summed E-state index contributed by atoms with van der Waals surface area (Å²) in [7, 11) is 4.18. The summed E-state index contributed by atoms with van der Waals surface area (Å²) in [5.74, 6) is 0.614. The first-order valence-electron chi connectivity index (χ1n) is 12.3. The lowest BCUT2D eigenvalue weighted by Crippen LogP contribution is -2.12. The van der Waals surface area contributed by atoms with E-state index in [2.05, 4.69) is 62.9 Å². The van der Waals surface area contributed by atoms with Crippen LogP contribution in [0.4, 0.5) is 0 Å². The average molecular weight is 491 g/mol. The van der Waals surface area contributed by atoms with Gasteiger partial charge in [-0.2, -0.15) is 5.10 Å². The van der Waals surface area contributed by atoms with Crippen LogP contribution in [0.25, 0.3) is 50.4 Å². The molecule has 5 aromatic heterocycles. The summed E-state index contributed by atoms with van der Waals surface area (Å²) in [5, 5.41) is 7.64. The summed E-state index contributed by atoms with van der Waals surface area (Å²) in [6, 6.07) is 9.91. The minimum atomic E-state index is 0.614. The highest BCUT2D eigenvalue weighted by atomic mass is 15.2. The van der Waals surface area contributed by atoms with Crippen molar-refractivity contribution < 1.29 is 0 Å². The first kappa shape index (κ1) is 24.3. The Kier molecular flexibility index (Phi) is 7.00. The van der Waals surface area contributed by atoms with Crippen molar-refractivity contribution in [2.75, 3.05) is 20.6 Å². The Morgan fingerprint density at radius 1 is 1.11 bits per heavy atom. The van der Waals surface area contributed by atoms with Gasteiger partial charge in [-0.15, -0.1) is 0 Å². The zero-order valence-electron chi connectivity index (χ0n) is 21.4. The molecule has 0 atom stereocenters. The number of pyridine rings is 3. The molecule has 37 heavy (non-hydrogen) atoms. The van der Waals surface area contributed by atoms with Gasteiger partial charge in [0.1, 0.15) is 5.52 Å². The minimum Gasteiger partial charge on any atom is -0.335 e. The second-order valence-corrected chi connectivity index (χ2v) is 9.12. The zero-order valence-corrected chi connectivity index (χ0v) is 21.4. The molecule has 0 unspecified atom stereocenters. The van der Waals surface area contributed by atoms with E-state index in [0.717, 1.165) is 58.3 Å². The molecule has 0 saturated heterocycles. The molecule has 0 bridgehead atoms. The van der Waals surface area contributed by atoms with E-state index in [4.69, 9.17) is 9.97 Å². The van der Waals surface area contributed by atoms with Gasteiger partial charge in [-0.1, -0.05) is 24.8 Å². The summed E-state index contributed by atoms with van der Waals surface area (Å²) in [5.41, 5.74) is 8.78. The molecule has 5 aromatic rings. The Morgan fingerprint density at radius 2 is 2.00 bits per heavy atom. The van der Waals surface area contributed by atoms with E-state index in [1.54, 1.807) is 12.4 Å². The molecule has 0 amide bonds. The summed E-state index contributed by atoms with van der Waals surface area (Å²) in [6.45, 7) is 7.08. The molecule has 186 valence electrons. The number of imidazole rings is 1. The van der Waals surface area contributed by atoms with Gasteiger partial charge in [0.25, 0.3) is 0 Å². The van der Waals surface area contributed by atoms with Crippen LogP contribution in [0.5, 0.6) is 0 Å². The van der Waals surface area contributed by atoms with Crippen molar-refractivity contribution in [1.82, 2.24) is 40.0 Å². The minimum absolute atomic E-state index is 0.614. The van der Waals surface area contributed by atoms with Crippen LogP contribution in [0.2, 0.25) is 0 Å². The molecule has 5 rings (SSSR count). The Balaban J connectivity index is 1.52. The largest absolute Gasteiger partial charge is 0.335 e. The third kappa shape index (κ3) is 5.10. The van der Waals surface area contributed by atoms with Gasteiger partial charge in [-0.3, -0.25) is 10.1 Å². The van der Waals surface area contributed by atoms with Crippen LogP contribution in [0.1, 0.15) is 25.5 Å². The Bertz CT molecular complexity index is 1610. The van der Waals surface area contributed by atoms with Gasteiger partial charge in [-0.05, 0) is 81.9 Å². The Labute approximate surface area is 215 Å². The van der Waals surface area contributed by atoms with E-state index in [1.807, 2.05) is 49.5 Å². The smallest absolute Gasteiger partial charge is 0.178 e. The molecule has 0 aliphatic carbocycles. The monoisotopic (exact) mass is 490 g/mol. The number of aromatic nitrogens is 7. The van der Waals surface area contributed by atoms with Gasteiger partial charge < -0.3 is 9.88 Å². The number of rotatable bonds is 9. The summed E-state index contributed by atoms with van der Waals surface area (Å²) < 4.78 is 0. The van der Waals surface area contributed by atoms with Gasteiger partial charge in [0, 0.05) is 29.7 Å². The van der Waals surface area contributed by atoms with E-state index in [1.165, 1.54) is 5.57 Å². The van der Waals surface area contributed by atoms with Crippen LogP contribution in [0.15, 0.2) is 79.3 Å². The van der Waals surface area contributed by atoms with E-state index in [9.17, 15) is 0 Å². The van der Waals surface area contributed by atoms with E-state index < -0.39 is 0 Å². The number of fused-ring (bicyclic) bond motifs is 2. The first-order valence-corrected chi connectivity index (χ1v) is 12.3.